The van der Waals surface area contributed by atoms with Crippen LogP contribution in [0.15, 0.2) is 24.3 Å². The summed E-state index contributed by atoms with van der Waals surface area (Å²) in [6, 6.07) is 6.60. The zero-order valence-electron chi connectivity index (χ0n) is 12.3. The molecule has 21 heavy (non-hydrogen) atoms. The summed E-state index contributed by atoms with van der Waals surface area (Å²) in [5, 5.41) is 2.83. The molecule has 1 aromatic carbocycles. The summed E-state index contributed by atoms with van der Waals surface area (Å²) in [7, 11) is 0. The van der Waals surface area contributed by atoms with Crippen LogP contribution in [0.3, 0.4) is 0 Å². The largest absolute Gasteiger partial charge is 0.356 e. The molecule has 0 bridgehead atoms. The highest BCUT2D eigenvalue weighted by molar-refractivity contribution is 5.78. The maximum absolute atomic E-state index is 12.7. The third-order valence-corrected chi connectivity index (χ3v) is 3.62. The minimum absolute atomic E-state index is 0.0385. The molecule has 0 spiro atoms. The molecule has 1 aliphatic rings. The van der Waals surface area contributed by atoms with Crippen molar-refractivity contribution in [2.45, 2.75) is 38.6 Å². The van der Waals surface area contributed by atoms with Crippen molar-refractivity contribution in [2.75, 3.05) is 13.1 Å². The van der Waals surface area contributed by atoms with Crippen LogP contribution in [0.5, 0.6) is 0 Å². The Hall–Kier alpha value is -1.91. The molecule has 1 aromatic rings. The van der Waals surface area contributed by atoms with E-state index in [0.29, 0.717) is 32.0 Å². The van der Waals surface area contributed by atoms with E-state index in [0.717, 1.165) is 18.4 Å². The molecule has 4 nitrogen and oxygen atoms in total. The first-order valence-electron chi connectivity index (χ1n) is 7.34. The van der Waals surface area contributed by atoms with E-state index in [1.54, 1.807) is 24.0 Å². The molecule has 0 radical (unpaired) electrons. The smallest absolute Gasteiger partial charge is 0.221 e. The lowest BCUT2D eigenvalue weighted by Crippen LogP contribution is -2.35. The van der Waals surface area contributed by atoms with Crippen LogP contribution in [0.25, 0.3) is 0 Å². The minimum atomic E-state index is -0.257. The third kappa shape index (κ3) is 5.17. The molecule has 0 saturated heterocycles. The van der Waals surface area contributed by atoms with Crippen molar-refractivity contribution in [2.24, 2.45) is 0 Å². The van der Waals surface area contributed by atoms with Gasteiger partial charge in [-0.1, -0.05) is 12.1 Å². The zero-order chi connectivity index (χ0) is 15.2. The lowest BCUT2D eigenvalue weighted by Gasteiger charge is -2.20. The van der Waals surface area contributed by atoms with Crippen LogP contribution < -0.4 is 5.32 Å². The highest BCUT2D eigenvalue weighted by atomic mass is 19.1. The Morgan fingerprint density at radius 2 is 1.95 bits per heavy atom. The van der Waals surface area contributed by atoms with Gasteiger partial charge in [0.2, 0.25) is 11.8 Å². The first kappa shape index (κ1) is 15.5. The standard InChI is InChI=1S/C16H21FN2O2/c1-12(20)19(15-6-7-15)11-9-16(21)18-10-8-13-2-4-14(17)5-3-13/h2-5,15H,6-11H2,1H3,(H,18,21). The molecule has 2 rings (SSSR count). The number of halogens is 1. The lowest BCUT2D eigenvalue weighted by molar-refractivity contribution is -0.130. The Balaban J connectivity index is 1.65. The molecule has 1 saturated carbocycles. The van der Waals surface area contributed by atoms with Crippen LogP contribution >= 0.6 is 0 Å². The number of hydrogen-bond acceptors (Lipinski definition) is 2. The predicted molar refractivity (Wildman–Crippen MR) is 78.1 cm³/mol. The van der Waals surface area contributed by atoms with Crippen LogP contribution in [0, 0.1) is 5.82 Å². The molecule has 1 N–H and O–H groups in total. The van der Waals surface area contributed by atoms with Gasteiger partial charge >= 0.3 is 0 Å². The van der Waals surface area contributed by atoms with Crippen LogP contribution in [-0.4, -0.2) is 35.8 Å². The van der Waals surface area contributed by atoms with Crippen LogP contribution in [-0.2, 0) is 16.0 Å². The van der Waals surface area contributed by atoms with E-state index in [1.165, 1.54) is 12.1 Å². The molecule has 1 aliphatic carbocycles. The SMILES string of the molecule is CC(=O)N(CCC(=O)NCCc1ccc(F)cc1)C1CC1. The van der Waals surface area contributed by atoms with Gasteiger partial charge in [-0.25, -0.2) is 4.39 Å². The topological polar surface area (TPSA) is 49.4 Å². The highest BCUT2D eigenvalue weighted by Gasteiger charge is 2.30. The molecular formula is C16H21FN2O2. The van der Waals surface area contributed by atoms with Crippen molar-refractivity contribution in [3.8, 4) is 0 Å². The van der Waals surface area contributed by atoms with Gasteiger partial charge in [-0.15, -0.1) is 0 Å². The third-order valence-electron chi connectivity index (χ3n) is 3.62. The molecule has 0 unspecified atom stereocenters. The van der Waals surface area contributed by atoms with Gasteiger partial charge < -0.3 is 10.2 Å². The Morgan fingerprint density at radius 1 is 1.29 bits per heavy atom. The summed E-state index contributed by atoms with van der Waals surface area (Å²) in [6.45, 7) is 2.56. The summed E-state index contributed by atoms with van der Waals surface area (Å²) in [6.07, 6.45) is 3.10. The van der Waals surface area contributed by atoms with Crippen molar-refractivity contribution in [3.63, 3.8) is 0 Å². The van der Waals surface area contributed by atoms with Crippen molar-refractivity contribution < 1.29 is 14.0 Å². The quantitative estimate of drug-likeness (QED) is 0.834. The van der Waals surface area contributed by atoms with E-state index < -0.39 is 0 Å². The van der Waals surface area contributed by atoms with Crippen molar-refractivity contribution >= 4 is 11.8 Å². The Bertz CT molecular complexity index is 498. The fraction of sp³-hybridized carbons (Fsp3) is 0.500. The van der Waals surface area contributed by atoms with Crippen LogP contribution in [0.2, 0.25) is 0 Å². The normalized spacial score (nSPS) is 13.8. The molecule has 1 fully saturated rings. The predicted octanol–water partition coefficient (Wildman–Crippen LogP) is 1.89. The fourth-order valence-corrected chi connectivity index (χ4v) is 2.29. The summed E-state index contributed by atoms with van der Waals surface area (Å²) in [5.41, 5.74) is 0.986. The van der Waals surface area contributed by atoms with E-state index in [9.17, 15) is 14.0 Å². The first-order chi connectivity index (χ1) is 10.1. The van der Waals surface area contributed by atoms with E-state index in [4.69, 9.17) is 0 Å². The van der Waals surface area contributed by atoms with Crippen LogP contribution in [0.1, 0.15) is 31.7 Å². The number of amides is 2. The number of carbonyl (C=O) groups is 2. The van der Waals surface area contributed by atoms with Gasteiger partial charge in [0.25, 0.3) is 0 Å². The van der Waals surface area contributed by atoms with E-state index >= 15 is 0 Å². The Kier molecular flexibility index (Phi) is 5.31. The second-order valence-corrected chi connectivity index (χ2v) is 5.42. The van der Waals surface area contributed by atoms with E-state index in [2.05, 4.69) is 5.32 Å². The number of carbonyl (C=O) groups excluding carboxylic acids is 2. The molecular weight excluding hydrogens is 271 g/mol. The number of nitrogens with one attached hydrogen (secondary N) is 1. The lowest BCUT2D eigenvalue weighted by atomic mass is 10.1. The van der Waals surface area contributed by atoms with E-state index in [1.807, 2.05) is 0 Å². The van der Waals surface area contributed by atoms with Gasteiger partial charge in [0, 0.05) is 32.5 Å². The number of benzene rings is 1. The van der Waals surface area contributed by atoms with Gasteiger partial charge in [-0.05, 0) is 37.0 Å². The first-order valence-corrected chi connectivity index (χ1v) is 7.34. The van der Waals surface area contributed by atoms with Crippen LogP contribution in [0.4, 0.5) is 4.39 Å². The maximum atomic E-state index is 12.7. The molecule has 5 heteroatoms. The molecule has 0 heterocycles. The van der Waals surface area contributed by atoms with Gasteiger partial charge in [0.15, 0.2) is 0 Å². The average molecular weight is 292 g/mol. The maximum Gasteiger partial charge on any atom is 0.221 e. The number of hydrogen-bond donors (Lipinski definition) is 1. The second-order valence-electron chi connectivity index (χ2n) is 5.42. The average Bonchev–Trinajstić information content (AvgIpc) is 3.25. The molecule has 114 valence electrons. The summed E-state index contributed by atoms with van der Waals surface area (Å²) < 4.78 is 12.7. The monoisotopic (exact) mass is 292 g/mol. The van der Waals surface area contributed by atoms with Gasteiger partial charge in [0.05, 0.1) is 0 Å². The zero-order valence-corrected chi connectivity index (χ0v) is 12.3. The molecule has 0 aromatic heterocycles. The number of nitrogens with zero attached hydrogens (tertiary/aromatic N) is 1. The summed E-state index contributed by atoms with van der Waals surface area (Å²) >= 11 is 0. The molecule has 0 atom stereocenters. The van der Waals surface area contributed by atoms with Gasteiger partial charge in [-0.3, -0.25) is 9.59 Å². The van der Waals surface area contributed by atoms with E-state index in [-0.39, 0.29) is 17.6 Å². The Morgan fingerprint density at radius 3 is 2.52 bits per heavy atom. The van der Waals surface area contributed by atoms with Crippen molar-refractivity contribution in [1.29, 1.82) is 0 Å². The minimum Gasteiger partial charge on any atom is -0.356 e. The second kappa shape index (κ2) is 7.20. The number of rotatable bonds is 7. The van der Waals surface area contributed by atoms with Crippen molar-refractivity contribution in [1.82, 2.24) is 10.2 Å². The van der Waals surface area contributed by atoms with Crippen molar-refractivity contribution in [3.05, 3.63) is 35.6 Å². The summed E-state index contributed by atoms with van der Waals surface area (Å²) in [5.74, 6) is -0.271. The summed E-state index contributed by atoms with van der Waals surface area (Å²) in [4.78, 5) is 25.0. The van der Waals surface area contributed by atoms with Gasteiger partial charge in [0.1, 0.15) is 5.82 Å². The Labute approximate surface area is 124 Å². The highest BCUT2D eigenvalue weighted by Crippen LogP contribution is 2.26. The molecule has 2 amide bonds. The fourth-order valence-electron chi connectivity index (χ4n) is 2.29. The molecule has 0 aliphatic heterocycles. The van der Waals surface area contributed by atoms with Gasteiger partial charge in [-0.2, -0.15) is 0 Å².